The van der Waals surface area contributed by atoms with Crippen molar-refractivity contribution in [2.45, 2.75) is 27.7 Å². The van der Waals surface area contributed by atoms with Gasteiger partial charge in [-0.3, -0.25) is 4.79 Å². The fraction of sp³-hybridized carbons (Fsp3) is 0.227. The second-order valence-electron chi connectivity index (χ2n) is 7.17. The van der Waals surface area contributed by atoms with Crippen LogP contribution in [0.15, 0.2) is 40.9 Å². The zero-order chi connectivity index (χ0) is 21.4. The van der Waals surface area contributed by atoms with Crippen molar-refractivity contribution >= 4 is 49.1 Å². The molecular weight excluding hydrogens is 464 g/mol. The Morgan fingerprint density at radius 1 is 1.17 bits per heavy atom. The van der Waals surface area contributed by atoms with E-state index in [9.17, 15) is 4.79 Å². The molecule has 8 heteroatoms. The van der Waals surface area contributed by atoms with Gasteiger partial charge in [0.2, 0.25) is 5.13 Å². The van der Waals surface area contributed by atoms with Gasteiger partial charge in [0, 0.05) is 15.9 Å². The number of ether oxygens (including phenoxy) is 1. The highest BCUT2D eigenvalue weighted by Gasteiger charge is 2.16. The number of anilines is 1. The minimum absolute atomic E-state index is 0.0573. The van der Waals surface area contributed by atoms with Crippen LogP contribution in [-0.4, -0.2) is 27.3 Å². The SMILES string of the molecule is Cc1cc(C)n(-c2nc3cc(C)c(NC(=O)COc4ccc(Br)cc4)c(C)c3s2)n1. The molecule has 0 atom stereocenters. The van der Waals surface area contributed by atoms with Crippen molar-refractivity contribution in [2.75, 3.05) is 11.9 Å². The number of benzene rings is 2. The van der Waals surface area contributed by atoms with E-state index in [2.05, 4.69) is 26.3 Å². The molecule has 0 unspecified atom stereocenters. The van der Waals surface area contributed by atoms with Crippen LogP contribution in [0.1, 0.15) is 22.5 Å². The van der Waals surface area contributed by atoms with Crippen LogP contribution < -0.4 is 10.1 Å². The number of aryl methyl sites for hydroxylation is 4. The lowest BCUT2D eigenvalue weighted by atomic mass is 10.1. The monoisotopic (exact) mass is 484 g/mol. The van der Waals surface area contributed by atoms with Crippen molar-refractivity contribution in [3.8, 4) is 10.9 Å². The Bertz CT molecular complexity index is 1240. The van der Waals surface area contributed by atoms with Gasteiger partial charge in [0.05, 0.1) is 15.9 Å². The quantitative estimate of drug-likeness (QED) is 0.406. The van der Waals surface area contributed by atoms with E-state index in [4.69, 9.17) is 9.72 Å². The number of carbonyl (C=O) groups is 1. The zero-order valence-corrected chi connectivity index (χ0v) is 19.5. The Kier molecular flexibility index (Phi) is 5.62. The number of carbonyl (C=O) groups excluding carboxylic acids is 1. The molecule has 1 amide bonds. The van der Waals surface area contributed by atoms with Crippen LogP contribution in [0.2, 0.25) is 0 Å². The minimum Gasteiger partial charge on any atom is -0.484 e. The number of fused-ring (bicyclic) bond motifs is 1. The van der Waals surface area contributed by atoms with Crippen molar-refractivity contribution in [1.29, 1.82) is 0 Å². The van der Waals surface area contributed by atoms with E-state index < -0.39 is 0 Å². The lowest BCUT2D eigenvalue weighted by Crippen LogP contribution is -2.21. The van der Waals surface area contributed by atoms with Crippen LogP contribution in [0, 0.1) is 27.7 Å². The highest BCUT2D eigenvalue weighted by atomic mass is 79.9. The van der Waals surface area contributed by atoms with Gasteiger partial charge < -0.3 is 10.1 Å². The average Bonchev–Trinajstić information content (AvgIpc) is 3.27. The molecule has 0 aliphatic heterocycles. The molecule has 0 radical (unpaired) electrons. The van der Waals surface area contributed by atoms with Crippen LogP contribution >= 0.6 is 27.3 Å². The molecule has 0 bridgehead atoms. The summed E-state index contributed by atoms with van der Waals surface area (Å²) in [7, 11) is 0. The molecule has 4 aromatic rings. The molecule has 6 nitrogen and oxygen atoms in total. The molecule has 2 heterocycles. The number of halogens is 1. The summed E-state index contributed by atoms with van der Waals surface area (Å²) in [5.41, 5.74) is 5.66. The molecule has 0 aliphatic carbocycles. The Morgan fingerprint density at radius 3 is 2.57 bits per heavy atom. The largest absolute Gasteiger partial charge is 0.484 e. The summed E-state index contributed by atoms with van der Waals surface area (Å²) < 4.78 is 9.44. The van der Waals surface area contributed by atoms with E-state index in [0.717, 1.165) is 48.0 Å². The first kappa shape index (κ1) is 20.6. The highest BCUT2D eigenvalue weighted by Crippen LogP contribution is 2.34. The summed E-state index contributed by atoms with van der Waals surface area (Å²) in [6, 6.07) is 11.4. The first-order valence-corrected chi connectivity index (χ1v) is 11.1. The smallest absolute Gasteiger partial charge is 0.262 e. The lowest BCUT2D eigenvalue weighted by molar-refractivity contribution is -0.118. The zero-order valence-electron chi connectivity index (χ0n) is 17.1. The summed E-state index contributed by atoms with van der Waals surface area (Å²) in [5, 5.41) is 8.35. The molecule has 0 spiro atoms. The molecule has 30 heavy (non-hydrogen) atoms. The number of amides is 1. The molecule has 1 N–H and O–H groups in total. The van der Waals surface area contributed by atoms with Gasteiger partial charge in [-0.05, 0) is 75.2 Å². The van der Waals surface area contributed by atoms with E-state index in [1.54, 1.807) is 11.3 Å². The maximum absolute atomic E-state index is 12.5. The number of nitrogens with zero attached hydrogens (tertiary/aromatic N) is 3. The Morgan fingerprint density at radius 2 is 1.90 bits per heavy atom. The van der Waals surface area contributed by atoms with E-state index in [1.165, 1.54) is 0 Å². The predicted molar refractivity (Wildman–Crippen MR) is 124 cm³/mol. The number of hydrogen-bond acceptors (Lipinski definition) is 5. The van der Waals surface area contributed by atoms with Crippen LogP contribution in [-0.2, 0) is 4.79 Å². The van der Waals surface area contributed by atoms with Gasteiger partial charge in [0.1, 0.15) is 5.75 Å². The van der Waals surface area contributed by atoms with E-state index >= 15 is 0 Å². The van der Waals surface area contributed by atoms with Crippen molar-refractivity contribution in [3.05, 3.63) is 63.4 Å². The standard InChI is InChI=1S/C22H21BrN4O2S/c1-12-9-18-21(30-22(24-18)27-14(3)10-13(2)26-27)15(4)20(12)25-19(28)11-29-17-7-5-16(23)6-8-17/h5-10H,11H2,1-4H3,(H,25,28). The Balaban J connectivity index is 1.57. The summed E-state index contributed by atoms with van der Waals surface area (Å²) in [6.45, 7) is 7.90. The minimum atomic E-state index is -0.202. The maximum atomic E-state index is 12.5. The van der Waals surface area contributed by atoms with E-state index in [1.807, 2.05) is 68.8 Å². The van der Waals surface area contributed by atoms with Crippen molar-refractivity contribution in [2.24, 2.45) is 0 Å². The molecular formula is C22H21BrN4O2S. The van der Waals surface area contributed by atoms with Crippen LogP contribution in [0.25, 0.3) is 15.3 Å². The number of aromatic nitrogens is 3. The van der Waals surface area contributed by atoms with Gasteiger partial charge in [0.15, 0.2) is 6.61 Å². The molecule has 4 rings (SSSR count). The summed E-state index contributed by atoms with van der Waals surface area (Å²) in [5.74, 6) is 0.445. The number of nitrogens with one attached hydrogen (secondary N) is 1. The van der Waals surface area contributed by atoms with Crippen LogP contribution in [0.5, 0.6) is 5.75 Å². The van der Waals surface area contributed by atoms with Crippen molar-refractivity contribution < 1.29 is 9.53 Å². The molecule has 0 fully saturated rings. The number of thiazole rings is 1. The fourth-order valence-corrected chi connectivity index (χ4v) is 4.66. The summed E-state index contributed by atoms with van der Waals surface area (Å²) >= 11 is 4.95. The second kappa shape index (κ2) is 8.20. The molecule has 0 aliphatic rings. The third-order valence-electron chi connectivity index (χ3n) is 4.74. The molecule has 2 aromatic carbocycles. The van der Waals surface area contributed by atoms with Gasteiger partial charge in [-0.25, -0.2) is 9.67 Å². The Hall–Kier alpha value is -2.71. The Labute approximate surface area is 187 Å². The third-order valence-corrected chi connectivity index (χ3v) is 6.44. The van der Waals surface area contributed by atoms with Crippen LogP contribution in [0.4, 0.5) is 5.69 Å². The summed E-state index contributed by atoms with van der Waals surface area (Å²) in [6.07, 6.45) is 0. The average molecular weight is 485 g/mol. The van der Waals surface area contributed by atoms with Gasteiger partial charge in [-0.15, -0.1) is 0 Å². The van der Waals surface area contributed by atoms with Gasteiger partial charge in [0.25, 0.3) is 5.91 Å². The normalized spacial score (nSPS) is 11.1. The topological polar surface area (TPSA) is 69.0 Å². The molecule has 0 saturated carbocycles. The number of hydrogen-bond donors (Lipinski definition) is 1. The fourth-order valence-electron chi connectivity index (χ4n) is 3.33. The first-order valence-electron chi connectivity index (χ1n) is 9.44. The maximum Gasteiger partial charge on any atom is 0.262 e. The van der Waals surface area contributed by atoms with Gasteiger partial charge >= 0.3 is 0 Å². The number of rotatable bonds is 5. The first-order chi connectivity index (χ1) is 14.3. The predicted octanol–water partition coefficient (Wildman–Crippen LogP) is 5.50. The van der Waals surface area contributed by atoms with E-state index in [-0.39, 0.29) is 12.5 Å². The molecule has 0 saturated heterocycles. The van der Waals surface area contributed by atoms with E-state index in [0.29, 0.717) is 5.75 Å². The lowest BCUT2D eigenvalue weighted by Gasteiger charge is -2.13. The van der Waals surface area contributed by atoms with Gasteiger partial charge in [-0.1, -0.05) is 27.3 Å². The van der Waals surface area contributed by atoms with Gasteiger partial charge in [-0.2, -0.15) is 5.10 Å². The second-order valence-corrected chi connectivity index (χ2v) is 9.06. The third kappa shape index (κ3) is 4.11. The van der Waals surface area contributed by atoms with Crippen molar-refractivity contribution in [1.82, 2.24) is 14.8 Å². The highest BCUT2D eigenvalue weighted by molar-refractivity contribution is 9.10. The van der Waals surface area contributed by atoms with Crippen LogP contribution in [0.3, 0.4) is 0 Å². The van der Waals surface area contributed by atoms with Crippen molar-refractivity contribution in [3.63, 3.8) is 0 Å². The molecule has 154 valence electrons. The molecule has 2 aromatic heterocycles. The summed E-state index contributed by atoms with van der Waals surface area (Å²) in [4.78, 5) is 17.3.